The first-order chi connectivity index (χ1) is 4.42. The number of rotatable bonds is 3. The van der Waals surface area contributed by atoms with E-state index in [4.69, 9.17) is 4.43 Å². The van der Waals surface area contributed by atoms with E-state index in [9.17, 15) is 0 Å². The van der Waals surface area contributed by atoms with Gasteiger partial charge in [-0.1, -0.05) is 20.8 Å². The Bertz CT molecular complexity index is 83.7. The molecule has 1 nitrogen and oxygen atoms in total. The fraction of sp³-hybridized carbons (Fsp3) is 1.00. The Morgan fingerprint density at radius 3 is 2.00 bits per heavy atom. The monoisotopic (exact) mass is 159 g/mol. The van der Waals surface area contributed by atoms with Crippen LogP contribution in [0.2, 0.25) is 13.1 Å². The van der Waals surface area contributed by atoms with Crippen LogP contribution in [0.4, 0.5) is 0 Å². The van der Waals surface area contributed by atoms with Gasteiger partial charge in [-0.2, -0.15) is 0 Å². The summed E-state index contributed by atoms with van der Waals surface area (Å²) in [5, 5.41) is 0. The van der Waals surface area contributed by atoms with Gasteiger partial charge in [0.15, 0.2) is 0 Å². The van der Waals surface area contributed by atoms with Gasteiger partial charge in [-0.05, 0) is 24.9 Å². The lowest BCUT2D eigenvalue weighted by molar-refractivity contribution is 0.246. The third kappa shape index (κ3) is 8.18. The molecule has 61 valence electrons. The van der Waals surface area contributed by atoms with Crippen molar-refractivity contribution in [3.05, 3.63) is 0 Å². The second kappa shape index (κ2) is 4.14. The highest BCUT2D eigenvalue weighted by molar-refractivity contribution is 6.48. The topological polar surface area (TPSA) is 9.23 Å². The lowest BCUT2D eigenvalue weighted by atomic mass is 9.93. The average molecular weight is 159 g/mol. The molecule has 0 saturated heterocycles. The molecule has 10 heavy (non-hydrogen) atoms. The molecule has 2 heteroatoms. The normalized spacial score (nSPS) is 12.6. The Hall–Kier alpha value is 0.177. The van der Waals surface area contributed by atoms with E-state index in [0.717, 1.165) is 6.61 Å². The van der Waals surface area contributed by atoms with E-state index in [1.165, 1.54) is 6.42 Å². The molecular formula is C8H19OSi. The van der Waals surface area contributed by atoms with Gasteiger partial charge in [0.1, 0.15) is 0 Å². The lowest BCUT2D eigenvalue weighted by Crippen LogP contribution is -2.14. The van der Waals surface area contributed by atoms with E-state index in [1.807, 2.05) is 0 Å². The summed E-state index contributed by atoms with van der Waals surface area (Å²) in [6, 6.07) is 0. The summed E-state index contributed by atoms with van der Waals surface area (Å²) in [7, 11) is -0.457. The Kier molecular flexibility index (Phi) is 4.21. The fourth-order valence-corrected chi connectivity index (χ4v) is 1.07. The van der Waals surface area contributed by atoms with Crippen LogP contribution in [-0.2, 0) is 4.43 Å². The second-order valence-corrected chi connectivity index (χ2v) is 6.17. The van der Waals surface area contributed by atoms with Crippen LogP contribution in [0.5, 0.6) is 0 Å². The predicted octanol–water partition coefficient (Wildman–Crippen LogP) is 2.69. The third-order valence-corrected chi connectivity index (χ3v) is 2.02. The van der Waals surface area contributed by atoms with Crippen molar-refractivity contribution in [3.8, 4) is 0 Å². The van der Waals surface area contributed by atoms with Gasteiger partial charge in [0.05, 0.1) is 0 Å². The second-order valence-electron chi connectivity index (χ2n) is 4.07. The largest absolute Gasteiger partial charge is 0.417 e. The van der Waals surface area contributed by atoms with Crippen molar-refractivity contribution in [1.82, 2.24) is 0 Å². The molecule has 0 aromatic rings. The van der Waals surface area contributed by atoms with Gasteiger partial charge in [0.2, 0.25) is 9.04 Å². The molecule has 0 amide bonds. The van der Waals surface area contributed by atoms with Crippen molar-refractivity contribution >= 4 is 9.04 Å². The van der Waals surface area contributed by atoms with Crippen LogP contribution in [0.1, 0.15) is 27.2 Å². The molecule has 0 saturated carbocycles. The lowest BCUT2D eigenvalue weighted by Gasteiger charge is -2.18. The first-order valence-electron chi connectivity index (χ1n) is 3.85. The smallest absolute Gasteiger partial charge is 0.204 e. The Morgan fingerprint density at radius 1 is 1.20 bits per heavy atom. The van der Waals surface area contributed by atoms with Crippen molar-refractivity contribution in [3.63, 3.8) is 0 Å². The summed E-state index contributed by atoms with van der Waals surface area (Å²) in [4.78, 5) is 0. The highest BCUT2D eigenvalue weighted by atomic mass is 28.3. The quantitative estimate of drug-likeness (QED) is 0.575. The van der Waals surface area contributed by atoms with E-state index in [0.29, 0.717) is 5.41 Å². The van der Waals surface area contributed by atoms with Crippen molar-refractivity contribution in [2.45, 2.75) is 40.3 Å². The molecule has 0 aromatic heterocycles. The van der Waals surface area contributed by atoms with Crippen LogP contribution in [0.25, 0.3) is 0 Å². The van der Waals surface area contributed by atoms with Crippen LogP contribution in [-0.4, -0.2) is 15.6 Å². The van der Waals surface area contributed by atoms with Crippen molar-refractivity contribution < 1.29 is 4.43 Å². The molecule has 0 unspecified atom stereocenters. The highest BCUT2D eigenvalue weighted by Crippen LogP contribution is 2.17. The first-order valence-corrected chi connectivity index (χ1v) is 6.25. The van der Waals surface area contributed by atoms with Gasteiger partial charge in [-0.3, -0.25) is 0 Å². The number of hydrogen-bond donors (Lipinski definition) is 0. The SMILES string of the molecule is C[Si](C)OCCC(C)(C)C. The van der Waals surface area contributed by atoms with Crippen LogP contribution < -0.4 is 0 Å². The fourth-order valence-electron chi connectivity index (χ4n) is 0.561. The van der Waals surface area contributed by atoms with Crippen molar-refractivity contribution in [2.24, 2.45) is 5.41 Å². The van der Waals surface area contributed by atoms with Crippen LogP contribution >= 0.6 is 0 Å². The molecular weight excluding hydrogens is 140 g/mol. The maximum Gasteiger partial charge on any atom is 0.204 e. The van der Waals surface area contributed by atoms with Gasteiger partial charge < -0.3 is 4.43 Å². The summed E-state index contributed by atoms with van der Waals surface area (Å²) in [5.74, 6) is 0. The zero-order valence-electron chi connectivity index (χ0n) is 7.82. The van der Waals surface area contributed by atoms with Gasteiger partial charge in [0, 0.05) is 6.61 Å². The minimum Gasteiger partial charge on any atom is -0.417 e. The predicted molar refractivity (Wildman–Crippen MR) is 47.5 cm³/mol. The van der Waals surface area contributed by atoms with Gasteiger partial charge >= 0.3 is 0 Å². The van der Waals surface area contributed by atoms with Crippen LogP contribution in [0.15, 0.2) is 0 Å². The summed E-state index contributed by atoms with van der Waals surface area (Å²) < 4.78 is 5.52. The molecule has 0 heterocycles. The van der Waals surface area contributed by atoms with Gasteiger partial charge in [-0.15, -0.1) is 0 Å². The Morgan fingerprint density at radius 2 is 1.70 bits per heavy atom. The molecule has 0 bridgehead atoms. The van der Waals surface area contributed by atoms with Crippen LogP contribution in [0.3, 0.4) is 0 Å². The maximum atomic E-state index is 5.52. The minimum absolute atomic E-state index is 0.428. The standard InChI is InChI=1S/C8H19OSi/c1-8(2,3)6-7-9-10(4)5/h6-7H2,1-5H3. The zero-order chi connectivity index (χ0) is 8.20. The Labute approximate surface area is 66.5 Å². The summed E-state index contributed by atoms with van der Waals surface area (Å²) in [6.45, 7) is 12.0. The summed E-state index contributed by atoms with van der Waals surface area (Å²) >= 11 is 0. The highest BCUT2D eigenvalue weighted by Gasteiger charge is 2.09. The van der Waals surface area contributed by atoms with Gasteiger partial charge in [-0.25, -0.2) is 0 Å². The molecule has 0 N–H and O–H groups in total. The molecule has 0 atom stereocenters. The maximum absolute atomic E-state index is 5.52. The van der Waals surface area contributed by atoms with E-state index in [-0.39, 0.29) is 0 Å². The molecule has 0 aliphatic carbocycles. The minimum atomic E-state index is -0.457. The zero-order valence-corrected chi connectivity index (χ0v) is 8.82. The third-order valence-electron chi connectivity index (χ3n) is 1.24. The summed E-state index contributed by atoms with van der Waals surface area (Å²) in [6.07, 6.45) is 1.17. The summed E-state index contributed by atoms with van der Waals surface area (Å²) in [5.41, 5.74) is 0.428. The van der Waals surface area contributed by atoms with Crippen molar-refractivity contribution in [2.75, 3.05) is 6.61 Å². The first kappa shape index (κ1) is 10.2. The molecule has 0 spiro atoms. The van der Waals surface area contributed by atoms with E-state index in [2.05, 4.69) is 33.9 Å². The molecule has 0 aliphatic heterocycles. The molecule has 1 radical (unpaired) electrons. The van der Waals surface area contributed by atoms with Crippen molar-refractivity contribution in [1.29, 1.82) is 0 Å². The average Bonchev–Trinajstić information content (AvgIpc) is 1.59. The van der Waals surface area contributed by atoms with Crippen LogP contribution in [0, 0.1) is 5.41 Å². The molecule has 0 aromatic carbocycles. The Balaban J connectivity index is 3.21. The van der Waals surface area contributed by atoms with Gasteiger partial charge in [0.25, 0.3) is 0 Å². The van der Waals surface area contributed by atoms with E-state index in [1.54, 1.807) is 0 Å². The van der Waals surface area contributed by atoms with E-state index < -0.39 is 9.04 Å². The molecule has 0 fully saturated rings. The molecule has 0 aliphatic rings. The number of hydrogen-bond acceptors (Lipinski definition) is 1. The molecule has 0 rings (SSSR count). The van der Waals surface area contributed by atoms with E-state index >= 15 is 0 Å².